The Bertz CT molecular complexity index is 427. The fourth-order valence-electron chi connectivity index (χ4n) is 2.38. The molecular formula is C14H23N3O3. The monoisotopic (exact) mass is 281 g/mol. The molecule has 1 aliphatic heterocycles. The van der Waals surface area contributed by atoms with E-state index >= 15 is 0 Å². The van der Waals surface area contributed by atoms with E-state index in [4.69, 9.17) is 9.47 Å². The molecule has 0 N–H and O–H groups in total. The number of ether oxygens (including phenoxy) is 2. The van der Waals surface area contributed by atoms with Gasteiger partial charge in [-0.3, -0.25) is 9.48 Å². The van der Waals surface area contributed by atoms with Gasteiger partial charge in [-0.25, -0.2) is 0 Å². The van der Waals surface area contributed by atoms with Crippen molar-refractivity contribution in [3.8, 4) is 0 Å². The summed E-state index contributed by atoms with van der Waals surface area (Å²) in [6.45, 7) is 2.33. The van der Waals surface area contributed by atoms with E-state index in [0.29, 0.717) is 26.3 Å². The van der Waals surface area contributed by atoms with Crippen LogP contribution in [-0.4, -0.2) is 53.6 Å². The summed E-state index contributed by atoms with van der Waals surface area (Å²) in [5, 5.41) is 4.14. The lowest BCUT2D eigenvalue weighted by molar-refractivity contribution is -0.147. The molecule has 1 saturated heterocycles. The van der Waals surface area contributed by atoms with Crippen LogP contribution >= 0.6 is 0 Å². The number of hydrogen-bond acceptors (Lipinski definition) is 4. The molecular weight excluding hydrogens is 258 g/mol. The third kappa shape index (κ3) is 4.05. The third-order valence-corrected chi connectivity index (χ3v) is 3.46. The van der Waals surface area contributed by atoms with Crippen molar-refractivity contribution < 1.29 is 14.3 Å². The topological polar surface area (TPSA) is 56.6 Å². The average Bonchev–Trinajstić information content (AvgIpc) is 2.89. The third-order valence-electron chi connectivity index (χ3n) is 3.46. The van der Waals surface area contributed by atoms with E-state index in [-0.39, 0.29) is 12.0 Å². The first-order valence-corrected chi connectivity index (χ1v) is 7.07. The maximum atomic E-state index is 12.5. The van der Waals surface area contributed by atoms with E-state index in [2.05, 4.69) is 5.10 Å². The van der Waals surface area contributed by atoms with Crippen LogP contribution in [0.5, 0.6) is 0 Å². The summed E-state index contributed by atoms with van der Waals surface area (Å²) < 4.78 is 12.4. The Balaban J connectivity index is 1.99. The maximum absolute atomic E-state index is 12.5. The molecule has 0 radical (unpaired) electrons. The Kier molecular flexibility index (Phi) is 5.55. The van der Waals surface area contributed by atoms with Gasteiger partial charge in [-0.2, -0.15) is 5.10 Å². The number of rotatable bonds is 6. The fraction of sp³-hybridized carbons (Fsp3) is 0.714. The number of methoxy groups -OCH3 is 1. The van der Waals surface area contributed by atoms with Crippen molar-refractivity contribution in [2.45, 2.75) is 31.9 Å². The number of aromatic nitrogens is 2. The number of carbonyl (C=O) groups is 1. The van der Waals surface area contributed by atoms with Gasteiger partial charge in [0.05, 0.1) is 12.8 Å². The van der Waals surface area contributed by atoms with E-state index < -0.39 is 0 Å². The van der Waals surface area contributed by atoms with Gasteiger partial charge >= 0.3 is 0 Å². The van der Waals surface area contributed by atoms with Crippen LogP contribution in [0.1, 0.15) is 24.8 Å². The molecule has 20 heavy (non-hydrogen) atoms. The van der Waals surface area contributed by atoms with Crippen LogP contribution in [0, 0.1) is 0 Å². The lowest BCUT2D eigenvalue weighted by Crippen LogP contribution is -2.42. The summed E-state index contributed by atoms with van der Waals surface area (Å²) in [6, 6.07) is 0. The van der Waals surface area contributed by atoms with Crippen LogP contribution < -0.4 is 0 Å². The second-order valence-corrected chi connectivity index (χ2v) is 5.13. The Labute approximate surface area is 119 Å². The van der Waals surface area contributed by atoms with Gasteiger partial charge < -0.3 is 14.4 Å². The second-order valence-electron chi connectivity index (χ2n) is 5.13. The van der Waals surface area contributed by atoms with Crippen molar-refractivity contribution in [1.82, 2.24) is 14.7 Å². The quantitative estimate of drug-likeness (QED) is 0.779. The summed E-state index contributed by atoms with van der Waals surface area (Å²) in [5.41, 5.74) is 1.02. The molecule has 1 aliphatic rings. The summed E-state index contributed by atoms with van der Waals surface area (Å²) in [4.78, 5) is 14.3. The Morgan fingerprint density at radius 3 is 3.05 bits per heavy atom. The highest BCUT2D eigenvalue weighted by molar-refractivity contribution is 5.81. The van der Waals surface area contributed by atoms with Crippen molar-refractivity contribution in [3.63, 3.8) is 0 Å². The van der Waals surface area contributed by atoms with Crippen molar-refractivity contribution in [2.24, 2.45) is 7.05 Å². The fourth-order valence-corrected chi connectivity index (χ4v) is 2.38. The molecule has 1 atom stereocenters. The predicted octanol–water partition coefficient (Wildman–Crippen LogP) is 0.964. The van der Waals surface area contributed by atoms with Crippen LogP contribution in [0.15, 0.2) is 12.4 Å². The average molecular weight is 281 g/mol. The largest absolute Gasteiger partial charge is 0.383 e. The van der Waals surface area contributed by atoms with Crippen LogP contribution in [-0.2, 0) is 27.9 Å². The predicted molar refractivity (Wildman–Crippen MR) is 74.1 cm³/mol. The van der Waals surface area contributed by atoms with E-state index in [9.17, 15) is 4.79 Å². The normalized spacial score (nSPS) is 19.0. The summed E-state index contributed by atoms with van der Waals surface area (Å²) in [7, 11) is 3.51. The Hall–Kier alpha value is -1.40. The van der Waals surface area contributed by atoms with Crippen LogP contribution in [0.3, 0.4) is 0 Å². The Morgan fingerprint density at radius 2 is 2.45 bits per heavy atom. The standard InChI is InChI=1S/C14H23N3O3/c1-16-10-12(9-15-16)11-17(6-8-19-2)14(18)13-5-3-4-7-20-13/h9-10,13H,3-8,11H2,1-2H3/t13-/m0/s1. The van der Waals surface area contributed by atoms with Crippen molar-refractivity contribution in [2.75, 3.05) is 26.9 Å². The number of aryl methyl sites for hydroxylation is 1. The smallest absolute Gasteiger partial charge is 0.252 e. The summed E-state index contributed by atoms with van der Waals surface area (Å²) in [6.07, 6.45) is 6.34. The molecule has 0 aromatic carbocycles. The first kappa shape index (κ1) is 15.0. The number of amides is 1. The van der Waals surface area contributed by atoms with Gasteiger partial charge in [-0.15, -0.1) is 0 Å². The van der Waals surface area contributed by atoms with Crippen LogP contribution in [0.25, 0.3) is 0 Å². The summed E-state index contributed by atoms with van der Waals surface area (Å²) >= 11 is 0. The highest BCUT2D eigenvalue weighted by Crippen LogP contribution is 2.16. The van der Waals surface area contributed by atoms with E-state index in [1.165, 1.54) is 0 Å². The molecule has 0 saturated carbocycles. The van der Waals surface area contributed by atoms with Gasteiger partial charge in [0.1, 0.15) is 6.10 Å². The first-order valence-electron chi connectivity index (χ1n) is 7.07. The number of carbonyl (C=O) groups excluding carboxylic acids is 1. The SMILES string of the molecule is COCCN(Cc1cnn(C)c1)C(=O)[C@@H]1CCCCO1. The van der Waals surface area contributed by atoms with E-state index in [1.54, 1.807) is 22.9 Å². The highest BCUT2D eigenvalue weighted by atomic mass is 16.5. The van der Waals surface area contributed by atoms with Gasteiger partial charge in [-0.05, 0) is 19.3 Å². The number of nitrogens with zero attached hydrogens (tertiary/aromatic N) is 3. The van der Waals surface area contributed by atoms with E-state index in [0.717, 1.165) is 24.8 Å². The van der Waals surface area contributed by atoms with Gasteiger partial charge in [0.2, 0.25) is 0 Å². The molecule has 0 unspecified atom stereocenters. The molecule has 2 rings (SSSR count). The van der Waals surface area contributed by atoms with Gasteiger partial charge in [-0.1, -0.05) is 0 Å². The molecule has 0 spiro atoms. The molecule has 1 aromatic heterocycles. The van der Waals surface area contributed by atoms with Gasteiger partial charge in [0.25, 0.3) is 5.91 Å². The molecule has 2 heterocycles. The zero-order chi connectivity index (χ0) is 14.4. The Morgan fingerprint density at radius 1 is 1.60 bits per heavy atom. The molecule has 1 aromatic rings. The minimum Gasteiger partial charge on any atom is -0.383 e. The van der Waals surface area contributed by atoms with E-state index in [1.807, 2.05) is 13.2 Å². The zero-order valence-electron chi connectivity index (χ0n) is 12.2. The molecule has 6 heteroatoms. The molecule has 0 bridgehead atoms. The molecule has 1 amide bonds. The highest BCUT2D eigenvalue weighted by Gasteiger charge is 2.27. The van der Waals surface area contributed by atoms with Crippen molar-refractivity contribution >= 4 is 5.91 Å². The zero-order valence-corrected chi connectivity index (χ0v) is 12.2. The van der Waals surface area contributed by atoms with Gasteiger partial charge in [0, 0.05) is 45.6 Å². The lowest BCUT2D eigenvalue weighted by atomic mass is 10.1. The van der Waals surface area contributed by atoms with Crippen molar-refractivity contribution in [1.29, 1.82) is 0 Å². The number of hydrogen-bond donors (Lipinski definition) is 0. The van der Waals surface area contributed by atoms with Crippen molar-refractivity contribution in [3.05, 3.63) is 18.0 Å². The van der Waals surface area contributed by atoms with Crippen LogP contribution in [0.2, 0.25) is 0 Å². The summed E-state index contributed by atoms with van der Waals surface area (Å²) in [5.74, 6) is 0.0607. The molecule has 6 nitrogen and oxygen atoms in total. The van der Waals surface area contributed by atoms with Gasteiger partial charge in [0.15, 0.2) is 0 Å². The molecule has 0 aliphatic carbocycles. The maximum Gasteiger partial charge on any atom is 0.252 e. The minimum atomic E-state index is -0.294. The second kappa shape index (κ2) is 7.40. The first-order chi connectivity index (χ1) is 9.70. The minimum absolute atomic E-state index is 0.0607. The van der Waals surface area contributed by atoms with Crippen LogP contribution in [0.4, 0.5) is 0 Å². The molecule has 112 valence electrons. The molecule has 1 fully saturated rings. The lowest BCUT2D eigenvalue weighted by Gasteiger charge is -2.29.